The summed E-state index contributed by atoms with van der Waals surface area (Å²) in [5.74, 6) is 0.0961. The summed E-state index contributed by atoms with van der Waals surface area (Å²) in [5, 5.41) is 14.5. The fraction of sp³-hybridized carbons (Fsp3) is 0.381. The van der Waals surface area contributed by atoms with Crippen LogP contribution in [-0.4, -0.2) is 30.5 Å². The number of allylic oxidation sites excluding steroid dienone is 1. The van der Waals surface area contributed by atoms with E-state index >= 15 is 0 Å². The Morgan fingerprint density at radius 1 is 1.29 bits per heavy atom. The van der Waals surface area contributed by atoms with Gasteiger partial charge in [0.05, 0.1) is 6.61 Å². The number of carbonyl (C=O) groups excluding carboxylic acids is 1. The minimum Gasteiger partial charge on any atom is -0.459 e. The van der Waals surface area contributed by atoms with Gasteiger partial charge in [0.2, 0.25) is 6.29 Å². The SMILES string of the molecule is O=C(NCc1ccc(Cl)cc1)C1=C[C@H](c2cccs2)C[C@H](OCCCCO)O1. The zero-order chi connectivity index (χ0) is 19.8. The van der Waals surface area contributed by atoms with Crippen LogP contribution < -0.4 is 5.32 Å². The van der Waals surface area contributed by atoms with E-state index in [-0.39, 0.29) is 24.2 Å². The number of nitrogens with one attached hydrogen (secondary N) is 1. The van der Waals surface area contributed by atoms with Gasteiger partial charge in [0.15, 0.2) is 5.76 Å². The predicted molar refractivity (Wildman–Crippen MR) is 110 cm³/mol. The average Bonchev–Trinajstić information content (AvgIpc) is 3.25. The molecule has 0 fully saturated rings. The lowest BCUT2D eigenvalue weighted by molar-refractivity contribution is -0.146. The van der Waals surface area contributed by atoms with E-state index in [9.17, 15) is 4.79 Å². The average molecular weight is 422 g/mol. The van der Waals surface area contributed by atoms with Gasteiger partial charge in [0, 0.05) is 35.4 Å². The topological polar surface area (TPSA) is 67.8 Å². The molecule has 0 bridgehead atoms. The molecule has 2 heterocycles. The number of unbranched alkanes of at least 4 members (excludes halogenated alkanes) is 1. The van der Waals surface area contributed by atoms with Crippen molar-refractivity contribution in [2.45, 2.75) is 38.0 Å². The van der Waals surface area contributed by atoms with E-state index in [4.69, 9.17) is 26.2 Å². The molecule has 0 spiro atoms. The van der Waals surface area contributed by atoms with Crippen LogP contribution in [0.2, 0.25) is 5.02 Å². The maximum atomic E-state index is 12.7. The fourth-order valence-electron chi connectivity index (χ4n) is 2.92. The zero-order valence-corrected chi connectivity index (χ0v) is 17.0. The Morgan fingerprint density at radius 3 is 2.82 bits per heavy atom. The molecule has 150 valence electrons. The molecule has 0 aliphatic carbocycles. The highest BCUT2D eigenvalue weighted by Gasteiger charge is 2.29. The molecule has 0 radical (unpaired) electrons. The Labute approximate surface area is 173 Å². The van der Waals surface area contributed by atoms with Crippen LogP contribution in [0, 0.1) is 0 Å². The van der Waals surface area contributed by atoms with E-state index in [1.165, 1.54) is 4.88 Å². The molecule has 0 saturated heterocycles. The first kappa shape index (κ1) is 20.9. The summed E-state index contributed by atoms with van der Waals surface area (Å²) in [6, 6.07) is 11.4. The monoisotopic (exact) mass is 421 g/mol. The van der Waals surface area contributed by atoms with Crippen molar-refractivity contribution in [3.05, 3.63) is 69.1 Å². The first-order chi connectivity index (χ1) is 13.7. The normalized spacial score (nSPS) is 19.0. The van der Waals surface area contributed by atoms with E-state index in [0.29, 0.717) is 31.0 Å². The van der Waals surface area contributed by atoms with Crippen molar-refractivity contribution in [1.29, 1.82) is 0 Å². The van der Waals surface area contributed by atoms with Crippen molar-refractivity contribution in [1.82, 2.24) is 5.32 Å². The van der Waals surface area contributed by atoms with Crippen LogP contribution in [0.15, 0.2) is 53.6 Å². The Kier molecular flexibility index (Phi) is 7.91. The van der Waals surface area contributed by atoms with Gasteiger partial charge in [-0.25, -0.2) is 0 Å². The van der Waals surface area contributed by atoms with Crippen LogP contribution in [0.4, 0.5) is 0 Å². The molecule has 1 aliphatic rings. The van der Waals surface area contributed by atoms with Gasteiger partial charge < -0.3 is 19.9 Å². The summed E-state index contributed by atoms with van der Waals surface area (Å²) in [5.41, 5.74) is 0.959. The molecule has 1 aromatic carbocycles. The lowest BCUT2D eigenvalue weighted by Gasteiger charge is -2.28. The van der Waals surface area contributed by atoms with E-state index in [1.54, 1.807) is 23.5 Å². The standard InChI is InChI=1S/C21H24ClNO4S/c22-17-7-5-15(6-8-17)14-23-21(25)18-12-16(19-4-3-11-28-19)13-20(27-18)26-10-2-1-9-24/h3-8,11-12,16,20,24H,1-2,9-10,13-14H2,(H,23,25)/t16-,20+/m0/s1. The quantitative estimate of drug-likeness (QED) is 0.595. The van der Waals surface area contributed by atoms with Crippen LogP contribution in [0.25, 0.3) is 0 Å². The van der Waals surface area contributed by atoms with Gasteiger partial charge in [0.25, 0.3) is 5.91 Å². The molecule has 5 nitrogen and oxygen atoms in total. The van der Waals surface area contributed by atoms with Gasteiger partial charge in [-0.15, -0.1) is 11.3 Å². The molecule has 1 amide bonds. The number of benzene rings is 1. The molecule has 28 heavy (non-hydrogen) atoms. The number of rotatable bonds is 9. The number of hydrogen-bond donors (Lipinski definition) is 2. The molecule has 1 aliphatic heterocycles. The summed E-state index contributed by atoms with van der Waals surface area (Å²) >= 11 is 7.55. The Bertz CT molecular complexity index is 776. The number of carbonyl (C=O) groups is 1. The third kappa shape index (κ3) is 6.07. The summed E-state index contributed by atoms with van der Waals surface area (Å²) < 4.78 is 11.6. The van der Waals surface area contributed by atoms with Gasteiger partial charge in [-0.3, -0.25) is 4.79 Å². The number of amides is 1. The van der Waals surface area contributed by atoms with Gasteiger partial charge in [0.1, 0.15) is 0 Å². The van der Waals surface area contributed by atoms with Crippen molar-refractivity contribution in [2.24, 2.45) is 0 Å². The largest absolute Gasteiger partial charge is 0.459 e. The number of ether oxygens (including phenoxy) is 2. The highest BCUT2D eigenvalue weighted by atomic mass is 35.5. The van der Waals surface area contributed by atoms with E-state index in [2.05, 4.69) is 11.4 Å². The van der Waals surface area contributed by atoms with Gasteiger partial charge in [-0.2, -0.15) is 0 Å². The second kappa shape index (κ2) is 10.6. The fourth-order valence-corrected chi connectivity index (χ4v) is 3.86. The number of aliphatic hydroxyl groups excluding tert-OH is 1. The summed E-state index contributed by atoms with van der Waals surface area (Å²) in [4.78, 5) is 13.8. The van der Waals surface area contributed by atoms with Crippen LogP contribution in [0.1, 0.15) is 35.6 Å². The van der Waals surface area contributed by atoms with Crippen molar-refractivity contribution in [3.63, 3.8) is 0 Å². The number of halogens is 1. The number of hydrogen-bond acceptors (Lipinski definition) is 5. The van der Waals surface area contributed by atoms with Crippen LogP contribution in [-0.2, 0) is 20.8 Å². The maximum absolute atomic E-state index is 12.7. The molecule has 0 saturated carbocycles. The molecule has 2 N–H and O–H groups in total. The minimum absolute atomic E-state index is 0.0767. The molecule has 7 heteroatoms. The lowest BCUT2D eigenvalue weighted by Crippen LogP contribution is -2.32. The first-order valence-electron chi connectivity index (χ1n) is 9.32. The van der Waals surface area contributed by atoms with Crippen LogP contribution in [0.5, 0.6) is 0 Å². The smallest absolute Gasteiger partial charge is 0.286 e. The van der Waals surface area contributed by atoms with Crippen molar-refractivity contribution in [3.8, 4) is 0 Å². The highest BCUT2D eigenvalue weighted by Crippen LogP contribution is 2.33. The molecule has 2 atom stereocenters. The predicted octanol–water partition coefficient (Wildman–Crippen LogP) is 4.22. The van der Waals surface area contributed by atoms with E-state index in [1.807, 2.05) is 29.7 Å². The molecule has 0 unspecified atom stereocenters. The minimum atomic E-state index is -0.480. The Hall–Kier alpha value is -1.86. The first-order valence-corrected chi connectivity index (χ1v) is 10.6. The van der Waals surface area contributed by atoms with Crippen molar-refractivity contribution >= 4 is 28.8 Å². The van der Waals surface area contributed by atoms with Crippen molar-refractivity contribution in [2.75, 3.05) is 13.2 Å². The second-order valence-corrected chi connectivity index (χ2v) is 7.96. The third-order valence-electron chi connectivity index (χ3n) is 4.41. The number of thiophene rings is 1. The Morgan fingerprint density at radius 2 is 2.11 bits per heavy atom. The molecule has 3 rings (SSSR count). The van der Waals surface area contributed by atoms with Crippen LogP contribution >= 0.6 is 22.9 Å². The number of aliphatic hydroxyl groups is 1. The highest BCUT2D eigenvalue weighted by molar-refractivity contribution is 7.10. The molecular formula is C21H24ClNO4S. The molecule has 2 aromatic rings. The maximum Gasteiger partial charge on any atom is 0.286 e. The molecule has 1 aromatic heterocycles. The van der Waals surface area contributed by atoms with Gasteiger partial charge >= 0.3 is 0 Å². The van der Waals surface area contributed by atoms with Crippen molar-refractivity contribution < 1.29 is 19.4 Å². The zero-order valence-electron chi connectivity index (χ0n) is 15.5. The van der Waals surface area contributed by atoms with Crippen LogP contribution in [0.3, 0.4) is 0 Å². The Balaban J connectivity index is 1.63. The van der Waals surface area contributed by atoms with Gasteiger partial charge in [-0.05, 0) is 48.1 Å². The summed E-state index contributed by atoms with van der Waals surface area (Å²) in [7, 11) is 0. The lowest BCUT2D eigenvalue weighted by atomic mass is 9.99. The van der Waals surface area contributed by atoms with E-state index < -0.39 is 6.29 Å². The summed E-state index contributed by atoms with van der Waals surface area (Å²) in [6.45, 7) is 1.02. The van der Waals surface area contributed by atoms with E-state index in [0.717, 1.165) is 12.0 Å². The third-order valence-corrected chi connectivity index (χ3v) is 5.67. The molecular weight excluding hydrogens is 398 g/mol. The van der Waals surface area contributed by atoms with Gasteiger partial charge in [-0.1, -0.05) is 29.8 Å². The summed E-state index contributed by atoms with van der Waals surface area (Å²) in [6.07, 6.45) is 3.49. The second-order valence-electron chi connectivity index (χ2n) is 6.55.